The number of sulfonamides is 1. The molecule has 0 amide bonds. The second kappa shape index (κ2) is 5.63. The maximum atomic E-state index is 11.2. The van der Waals surface area contributed by atoms with Crippen LogP contribution in [0.15, 0.2) is 45.9 Å². The monoisotopic (exact) mass is 306 g/mol. The van der Waals surface area contributed by atoms with E-state index in [1.54, 1.807) is 6.07 Å². The fourth-order valence-corrected chi connectivity index (χ4v) is 3.28. The third kappa shape index (κ3) is 3.18. The van der Waals surface area contributed by atoms with Crippen molar-refractivity contribution in [3.05, 3.63) is 53.3 Å². The molecule has 112 valence electrons. The van der Waals surface area contributed by atoms with E-state index in [1.807, 2.05) is 6.07 Å². The van der Waals surface area contributed by atoms with Gasteiger partial charge in [-0.05, 0) is 42.5 Å². The van der Waals surface area contributed by atoms with Crippen LogP contribution in [0.3, 0.4) is 0 Å². The van der Waals surface area contributed by atoms with Crippen LogP contribution in [0.4, 0.5) is 0 Å². The van der Waals surface area contributed by atoms with Gasteiger partial charge in [-0.1, -0.05) is 24.3 Å². The summed E-state index contributed by atoms with van der Waals surface area (Å²) >= 11 is 0. The highest BCUT2D eigenvalue weighted by molar-refractivity contribution is 7.89. The first kappa shape index (κ1) is 14.3. The van der Waals surface area contributed by atoms with Crippen molar-refractivity contribution in [3.8, 4) is 0 Å². The summed E-state index contributed by atoms with van der Waals surface area (Å²) in [5.74, 6) is 0.571. The van der Waals surface area contributed by atoms with E-state index in [0.717, 1.165) is 19.3 Å². The van der Waals surface area contributed by atoms with E-state index in [9.17, 15) is 8.42 Å². The standard InChI is InChI=1S/C15H18N2O3S/c16-21(18,19)15-9-8-12(20-15)10-17-14-7-3-5-11-4-1-2-6-13(11)14/h1-2,4,6,8-9,14,17H,3,5,7,10H2,(H2,16,18,19). The van der Waals surface area contributed by atoms with Crippen molar-refractivity contribution in [2.75, 3.05) is 0 Å². The van der Waals surface area contributed by atoms with Gasteiger partial charge in [0.1, 0.15) is 5.76 Å². The van der Waals surface area contributed by atoms with E-state index in [1.165, 1.54) is 17.2 Å². The van der Waals surface area contributed by atoms with Gasteiger partial charge in [0.2, 0.25) is 5.09 Å². The Balaban J connectivity index is 1.70. The number of hydrogen-bond acceptors (Lipinski definition) is 4. The maximum absolute atomic E-state index is 11.2. The van der Waals surface area contributed by atoms with Crippen molar-refractivity contribution in [1.82, 2.24) is 5.32 Å². The van der Waals surface area contributed by atoms with Crippen LogP contribution in [0.2, 0.25) is 0 Å². The maximum Gasteiger partial charge on any atom is 0.271 e. The molecule has 0 saturated heterocycles. The zero-order valence-electron chi connectivity index (χ0n) is 11.6. The van der Waals surface area contributed by atoms with E-state index in [4.69, 9.17) is 9.56 Å². The fourth-order valence-electron chi connectivity index (χ4n) is 2.80. The molecule has 3 rings (SSSR count). The Kier molecular flexibility index (Phi) is 3.84. The molecule has 1 aromatic heterocycles. The Bertz CT molecular complexity index is 737. The van der Waals surface area contributed by atoms with Crippen molar-refractivity contribution < 1.29 is 12.8 Å². The van der Waals surface area contributed by atoms with E-state index < -0.39 is 10.0 Å². The number of rotatable bonds is 4. The summed E-state index contributed by atoms with van der Waals surface area (Å²) in [7, 11) is -3.77. The highest BCUT2D eigenvalue weighted by Gasteiger charge is 2.20. The summed E-state index contributed by atoms with van der Waals surface area (Å²) in [6.07, 6.45) is 3.33. The van der Waals surface area contributed by atoms with Gasteiger partial charge >= 0.3 is 0 Å². The third-order valence-corrected chi connectivity index (χ3v) is 4.59. The van der Waals surface area contributed by atoms with Gasteiger partial charge in [0.25, 0.3) is 10.0 Å². The predicted molar refractivity (Wildman–Crippen MR) is 79.0 cm³/mol. The van der Waals surface area contributed by atoms with E-state index in [-0.39, 0.29) is 11.1 Å². The molecule has 0 saturated carbocycles. The summed E-state index contributed by atoms with van der Waals surface area (Å²) < 4.78 is 27.6. The predicted octanol–water partition coefficient (Wildman–Crippen LogP) is 2.09. The Labute approximate surface area is 124 Å². The molecule has 0 radical (unpaired) electrons. The van der Waals surface area contributed by atoms with Crippen LogP contribution in [0.1, 0.15) is 35.8 Å². The van der Waals surface area contributed by atoms with Crippen molar-refractivity contribution in [2.24, 2.45) is 5.14 Å². The van der Waals surface area contributed by atoms with Crippen molar-refractivity contribution in [2.45, 2.75) is 36.9 Å². The molecular weight excluding hydrogens is 288 g/mol. The molecule has 1 atom stereocenters. The Hall–Kier alpha value is -1.63. The van der Waals surface area contributed by atoms with Crippen molar-refractivity contribution in [1.29, 1.82) is 0 Å². The molecule has 0 spiro atoms. The lowest BCUT2D eigenvalue weighted by Gasteiger charge is -2.26. The SMILES string of the molecule is NS(=O)(=O)c1ccc(CNC2CCCc3ccccc32)o1. The lowest BCUT2D eigenvalue weighted by molar-refractivity contribution is 0.378. The molecule has 1 heterocycles. The zero-order valence-corrected chi connectivity index (χ0v) is 12.4. The number of benzene rings is 1. The number of hydrogen-bond donors (Lipinski definition) is 2. The van der Waals surface area contributed by atoms with Gasteiger partial charge in [-0.25, -0.2) is 13.6 Å². The molecule has 0 fully saturated rings. The largest absolute Gasteiger partial charge is 0.447 e. The Morgan fingerprint density at radius 2 is 2.05 bits per heavy atom. The smallest absolute Gasteiger partial charge is 0.271 e. The highest BCUT2D eigenvalue weighted by Crippen LogP contribution is 2.29. The quantitative estimate of drug-likeness (QED) is 0.905. The van der Waals surface area contributed by atoms with Crippen LogP contribution in [0.5, 0.6) is 0 Å². The second-order valence-corrected chi connectivity index (χ2v) is 6.78. The molecule has 1 aromatic carbocycles. The zero-order chi connectivity index (χ0) is 14.9. The van der Waals surface area contributed by atoms with E-state index in [2.05, 4.69) is 23.5 Å². The Morgan fingerprint density at radius 3 is 2.81 bits per heavy atom. The first-order valence-electron chi connectivity index (χ1n) is 6.97. The second-order valence-electron chi connectivity index (χ2n) is 5.29. The molecular formula is C15H18N2O3S. The summed E-state index contributed by atoms with van der Waals surface area (Å²) in [6, 6.07) is 11.7. The van der Waals surface area contributed by atoms with Gasteiger partial charge in [0.05, 0.1) is 6.54 Å². The number of fused-ring (bicyclic) bond motifs is 1. The van der Waals surface area contributed by atoms with Crippen LogP contribution in [0.25, 0.3) is 0 Å². The summed E-state index contributed by atoms with van der Waals surface area (Å²) in [5, 5.41) is 8.27. The minimum Gasteiger partial charge on any atom is -0.447 e. The summed E-state index contributed by atoms with van der Waals surface area (Å²) in [4.78, 5) is 0. The summed E-state index contributed by atoms with van der Waals surface area (Å²) in [5.41, 5.74) is 2.70. The number of nitrogens with two attached hydrogens (primary N) is 1. The number of primary sulfonamides is 1. The number of aryl methyl sites for hydroxylation is 1. The lowest BCUT2D eigenvalue weighted by atomic mass is 9.88. The molecule has 2 aromatic rings. The molecule has 1 aliphatic rings. The molecule has 0 aliphatic heterocycles. The van der Waals surface area contributed by atoms with Gasteiger partial charge in [-0.15, -0.1) is 0 Å². The molecule has 0 bridgehead atoms. The normalized spacial score (nSPS) is 18.4. The lowest BCUT2D eigenvalue weighted by Crippen LogP contribution is -2.24. The molecule has 5 nitrogen and oxygen atoms in total. The first-order valence-corrected chi connectivity index (χ1v) is 8.51. The fraction of sp³-hybridized carbons (Fsp3) is 0.333. The molecule has 1 aliphatic carbocycles. The van der Waals surface area contributed by atoms with Crippen molar-refractivity contribution >= 4 is 10.0 Å². The summed E-state index contributed by atoms with van der Waals surface area (Å²) in [6.45, 7) is 0.481. The molecule has 3 N–H and O–H groups in total. The van der Waals surface area contributed by atoms with Gasteiger partial charge < -0.3 is 9.73 Å². The van der Waals surface area contributed by atoms with Crippen LogP contribution in [-0.4, -0.2) is 8.42 Å². The topological polar surface area (TPSA) is 85.3 Å². The Morgan fingerprint density at radius 1 is 1.24 bits per heavy atom. The van der Waals surface area contributed by atoms with Crippen LogP contribution >= 0.6 is 0 Å². The van der Waals surface area contributed by atoms with Crippen LogP contribution in [0, 0.1) is 0 Å². The number of furan rings is 1. The molecule has 1 unspecified atom stereocenters. The van der Waals surface area contributed by atoms with Gasteiger partial charge in [0, 0.05) is 6.04 Å². The van der Waals surface area contributed by atoms with Crippen LogP contribution in [-0.2, 0) is 23.0 Å². The average Bonchev–Trinajstić information content (AvgIpc) is 2.94. The van der Waals surface area contributed by atoms with Crippen molar-refractivity contribution in [3.63, 3.8) is 0 Å². The molecule has 6 heteroatoms. The van der Waals surface area contributed by atoms with E-state index in [0.29, 0.717) is 12.3 Å². The average molecular weight is 306 g/mol. The highest BCUT2D eigenvalue weighted by atomic mass is 32.2. The first-order chi connectivity index (χ1) is 10.0. The van der Waals surface area contributed by atoms with E-state index >= 15 is 0 Å². The van der Waals surface area contributed by atoms with Gasteiger partial charge in [-0.3, -0.25) is 0 Å². The third-order valence-electron chi connectivity index (χ3n) is 3.81. The number of nitrogens with one attached hydrogen (secondary N) is 1. The van der Waals surface area contributed by atoms with Gasteiger partial charge in [-0.2, -0.15) is 0 Å². The minimum absolute atomic E-state index is 0.191. The minimum atomic E-state index is -3.77. The van der Waals surface area contributed by atoms with Crippen LogP contribution < -0.4 is 10.5 Å². The van der Waals surface area contributed by atoms with Gasteiger partial charge in [0.15, 0.2) is 0 Å². The molecule has 21 heavy (non-hydrogen) atoms.